The molecule has 0 aliphatic heterocycles. The first-order valence-corrected chi connectivity index (χ1v) is 11.3. The molecule has 9 nitrogen and oxygen atoms in total. The van der Waals surface area contributed by atoms with Crippen molar-refractivity contribution in [1.82, 2.24) is 0 Å². The van der Waals surface area contributed by atoms with Gasteiger partial charge in [0.25, 0.3) is 0 Å². The van der Waals surface area contributed by atoms with Crippen LogP contribution in [0.15, 0.2) is 47.6 Å². The van der Waals surface area contributed by atoms with Crippen molar-refractivity contribution in [3.63, 3.8) is 0 Å². The van der Waals surface area contributed by atoms with E-state index >= 15 is 0 Å². The Hall–Kier alpha value is -3.93. The van der Waals surface area contributed by atoms with Crippen molar-refractivity contribution in [2.75, 3.05) is 28.4 Å². The molecule has 0 heterocycles. The van der Waals surface area contributed by atoms with Gasteiger partial charge < -0.3 is 18.9 Å². The normalized spacial score (nSPS) is 21.9. The van der Waals surface area contributed by atoms with Crippen molar-refractivity contribution in [3.8, 4) is 6.07 Å². The fraction of sp³-hybridized carbons (Fsp3) is 0.444. The molecule has 0 spiro atoms. The van der Waals surface area contributed by atoms with E-state index in [1.807, 2.05) is 12.1 Å². The highest BCUT2D eigenvalue weighted by molar-refractivity contribution is 6.03. The summed E-state index contributed by atoms with van der Waals surface area (Å²) >= 11 is 0. The summed E-state index contributed by atoms with van der Waals surface area (Å²) < 4.78 is 19.9. The molecular weight excluding hydrogens is 466 g/mol. The largest absolute Gasteiger partial charge is 0.468 e. The summed E-state index contributed by atoms with van der Waals surface area (Å²) in [6, 6.07) is 9.09. The lowest BCUT2D eigenvalue weighted by atomic mass is 9.84. The van der Waals surface area contributed by atoms with Gasteiger partial charge in [-0.05, 0) is 61.3 Å². The van der Waals surface area contributed by atoms with Crippen molar-refractivity contribution < 1.29 is 38.1 Å². The van der Waals surface area contributed by atoms with Crippen molar-refractivity contribution in [1.29, 1.82) is 5.26 Å². The van der Waals surface area contributed by atoms with Gasteiger partial charge in [0, 0.05) is 0 Å². The molecule has 2 aliphatic rings. The maximum atomic E-state index is 12.9. The van der Waals surface area contributed by atoms with Gasteiger partial charge in [-0.15, -0.1) is 0 Å². The fourth-order valence-electron chi connectivity index (χ4n) is 5.48. The van der Waals surface area contributed by atoms with Gasteiger partial charge >= 0.3 is 23.9 Å². The molecule has 0 saturated heterocycles. The summed E-state index contributed by atoms with van der Waals surface area (Å²) in [5.74, 6) is -3.23. The first kappa shape index (κ1) is 26.7. The van der Waals surface area contributed by atoms with E-state index in [0.717, 1.165) is 11.1 Å². The molecule has 0 amide bonds. The SMILES string of the molecule is C=C1CC(C(=O)OC)(C(=O)OC)C/C1=C1\CC(C(=O)OC)(C(=O)OC)CC1Cc1ccc(C#N)cc1. The number of allylic oxidation sites excluding steroid dienone is 3. The van der Waals surface area contributed by atoms with Crippen LogP contribution in [0.5, 0.6) is 0 Å². The minimum absolute atomic E-state index is 0.0000705. The summed E-state index contributed by atoms with van der Waals surface area (Å²) in [4.78, 5) is 51.4. The van der Waals surface area contributed by atoms with Crippen molar-refractivity contribution in [3.05, 3.63) is 58.7 Å². The second-order valence-electron chi connectivity index (χ2n) is 9.18. The Kier molecular flexibility index (Phi) is 7.68. The van der Waals surface area contributed by atoms with E-state index in [2.05, 4.69) is 12.6 Å². The first-order valence-electron chi connectivity index (χ1n) is 11.3. The molecule has 0 bridgehead atoms. The van der Waals surface area contributed by atoms with Crippen molar-refractivity contribution in [2.24, 2.45) is 16.7 Å². The Balaban J connectivity index is 2.15. The molecule has 2 aliphatic carbocycles. The molecule has 0 aromatic heterocycles. The zero-order valence-electron chi connectivity index (χ0n) is 20.8. The Morgan fingerprint density at radius 1 is 0.861 bits per heavy atom. The van der Waals surface area contributed by atoms with Crippen LogP contribution in [0, 0.1) is 28.1 Å². The van der Waals surface area contributed by atoms with E-state index in [-0.39, 0.29) is 31.6 Å². The minimum Gasteiger partial charge on any atom is -0.468 e. The lowest BCUT2D eigenvalue weighted by Crippen LogP contribution is -2.39. The summed E-state index contributed by atoms with van der Waals surface area (Å²) in [5, 5.41) is 9.11. The molecule has 1 atom stereocenters. The van der Waals surface area contributed by atoms with Crippen LogP contribution in [-0.2, 0) is 44.5 Å². The van der Waals surface area contributed by atoms with Crippen molar-refractivity contribution in [2.45, 2.75) is 32.1 Å². The quantitative estimate of drug-likeness (QED) is 0.332. The highest BCUT2D eigenvalue weighted by Crippen LogP contribution is 2.55. The predicted molar refractivity (Wildman–Crippen MR) is 126 cm³/mol. The lowest BCUT2D eigenvalue weighted by molar-refractivity contribution is -0.170. The number of esters is 4. The van der Waals surface area contributed by atoms with Crippen LogP contribution in [0.1, 0.15) is 36.8 Å². The third kappa shape index (κ3) is 4.39. The molecule has 1 aromatic carbocycles. The number of carbonyl (C=O) groups excluding carboxylic acids is 4. The van der Waals surface area contributed by atoms with Crippen LogP contribution < -0.4 is 0 Å². The highest BCUT2D eigenvalue weighted by atomic mass is 16.6. The number of carbonyl (C=O) groups is 4. The van der Waals surface area contributed by atoms with Gasteiger partial charge in [0.2, 0.25) is 0 Å². The Bertz CT molecular complexity index is 1140. The standard InChI is InChI=1S/C27H29NO8/c1-16-11-26(22(29)33-2,23(30)34-3)13-20(16)21-14-27(24(31)35-4,25(32)36-5)12-19(21)10-17-6-8-18(15-28)9-7-17/h6-9,19H,1,10-14H2,2-5H3/b21-20-. The second-order valence-corrected chi connectivity index (χ2v) is 9.18. The van der Waals surface area contributed by atoms with Gasteiger partial charge in [-0.2, -0.15) is 5.26 Å². The summed E-state index contributed by atoms with van der Waals surface area (Å²) in [6.45, 7) is 4.11. The molecule has 3 rings (SSSR count). The number of ether oxygens (including phenoxy) is 4. The zero-order valence-corrected chi connectivity index (χ0v) is 20.8. The van der Waals surface area contributed by atoms with Gasteiger partial charge in [0.05, 0.1) is 40.1 Å². The van der Waals surface area contributed by atoms with E-state index < -0.39 is 34.7 Å². The van der Waals surface area contributed by atoms with Gasteiger partial charge in [-0.1, -0.05) is 29.9 Å². The van der Waals surface area contributed by atoms with Crippen LogP contribution >= 0.6 is 0 Å². The molecule has 190 valence electrons. The highest BCUT2D eigenvalue weighted by Gasteiger charge is 2.59. The van der Waals surface area contributed by atoms with Crippen LogP contribution in [0.4, 0.5) is 0 Å². The van der Waals surface area contributed by atoms with Gasteiger partial charge in [-0.3, -0.25) is 19.2 Å². The van der Waals surface area contributed by atoms with Crippen LogP contribution in [-0.4, -0.2) is 52.3 Å². The molecule has 9 heteroatoms. The van der Waals surface area contributed by atoms with Crippen LogP contribution in [0.25, 0.3) is 0 Å². The van der Waals surface area contributed by atoms with E-state index in [1.165, 1.54) is 28.4 Å². The third-order valence-electron chi connectivity index (χ3n) is 7.26. The molecule has 36 heavy (non-hydrogen) atoms. The predicted octanol–water partition coefficient (Wildman–Crippen LogP) is 2.82. The number of methoxy groups -OCH3 is 4. The molecular formula is C27H29NO8. The van der Waals surface area contributed by atoms with E-state index in [0.29, 0.717) is 23.1 Å². The number of hydrogen-bond donors (Lipinski definition) is 0. The lowest BCUT2D eigenvalue weighted by Gasteiger charge is -2.23. The Morgan fingerprint density at radius 3 is 1.83 bits per heavy atom. The molecule has 0 N–H and O–H groups in total. The topological polar surface area (TPSA) is 129 Å². The average Bonchev–Trinajstić information content (AvgIpc) is 3.46. The molecule has 1 aromatic rings. The zero-order chi connectivity index (χ0) is 26.7. The maximum Gasteiger partial charge on any atom is 0.323 e. The fourth-order valence-corrected chi connectivity index (χ4v) is 5.48. The summed E-state index contributed by atoms with van der Waals surface area (Å²) in [5.41, 5.74) is 0.130. The molecule has 2 saturated carbocycles. The third-order valence-corrected chi connectivity index (χ3v) is 7.26. The van der Waals surface area contributed by atoms with Crippen LogP contribution in [0.2, 0.25) is 0 Å². The van der Waals surface area contributed by atoms with Crippen molar-refractivity contribution >= 4 is 23.9 Å². The second kappa shape index (κ2) is 10.4. The molecule has 0 radical (unpaired) electrons. The number of nitriles is 1. The molecule has 2 fully saturated rings. The summed E-state index contributed by atoms with van der Waals surface area (Å²) in [7, 11) is 4.82. The molecule has 1 unspecified atom stereocenters. The number of rotatable bonds is 6. The number of nitrogens with zero attached hydrogens (tertiary/aromatic N) is 1. The van der Waals surface area contributed by atoms with E-state index in [4.69, 9.17) is 24.2 Å². The summed E-state index contributed by atoms with van der Waals surface area (Å²) in [6.07, 6.45) is 0.528. The van der Waals surface area contributed by atoms with E-state index in [1.54, 1.807) is 12.1 Å². The Morgan fingerprint density at radius 2 is 1.36 bits per heavy atom. The number of benzene rings is 1. The van der Waals surface area contributed by atoms with E-state index in [9.17, 15) is 19.2 Å². The maximum absolute atomic E-state index is 12.9. The Labute approximate surface area is 209 Å². The van der Waals surface area contributed by atoms with Gasteiger partial charge in [0.1, 0.15) is 0 Å². The monoisotopic (exact) mass is 495 g/mol. The average molecular weight is 496 g/mol. The van der Waals surface area contributed by atoms with Gasteiger partial charge in [-0.25, -0.2) is 0 Å². The van der Waals surface area contributed by atoms with Crippen LogP contribution in [0.3, 0.4) is 0 Å². The first-order chi connectivity index (χ1) is 17.1. The van der Waals surface area contributed by atoms with Gasteiger partial charge in [0.15, 0.2) is 10.8 Å². The smallest absolute Gasteiger partial charge is 0.323 e. The number of hydrogen-bond acceptors (Lipinski definition) is 9. The minimum atomic E-state index is -1.59.